The van der Waals surface area contributed by atoms with Gasteiger partial charge in [0.1, 0.15) is 0 Å². The lowest BCUT2D eigenvalue weighted by molar-refractivity contribution is -0.528. The molecule has 0 N–H and O–H groups in total. The molecule has 1 rings (SSSR count). The van der Waals surface area contributed by atoms with E-state index in [-0.39, 0.29) is 11.2 Å². The average Bonchev–Trinajstić information content (AvgIpc) is 1.75. The number of rotatable bonds is 1. The second-order valence-electron chi connectivity index (χ2n) is 5.66. The van der Waals surface area contributed by atoms with Crippen LogP contribution in [0.4, 0.5) is 0 Å². The molecule has 80 valence electrons. The van der Waals surface area contributed by atoms with E-state index in [1.54, 1.807) is 13.8 Å². The molecule has 1 saturated carbocycles. The smallest absolute Gasteiger partial charge is 0.275 e. The molecule has 0 saturated heterocycles. The van der Waals surface area contributed by atoms with Gasteiger partial charge < -0.3 is 0 Å². The highest BCUT2D eigenvalue weighted by atomic mass is 16.6. The summed E-state index contributed by atoms with van der Waals surface area (Å²) in [6.07, 6.45) is 1.04. The monoisotopic (exact) mass is 199 g/mol. The Bertz CT molecular complexity index is 281. The molecule has 0 bridgehead atoms. The minimum Gasteiger partial charge on any atom is -0.292 e. The van der Waals surface area contributed by atoms with Crippen molar-refractivity contribution in [2.45, 2.75) is 46.6 Å². The van der Waals surface area contributed by atoms with Gasteiger partial charge in [-0.05, 0) is 11.8 Å². The van der Waals surface area contributed by atoms with E-state index >= 15 is 0 Å². The molecule has 4 nitrogen and oxygen atoms in total. The van der Waals surface area contributed by atoms with E-state index in [0.29, 0.717) is 6.42 Å². The Balaban J connectivity index is 3.01. The molecule has 0 aromatic heterocycles. The molecule has 1 aliphatic rings. The molecule has 1 aliphatic carbocycles. The number of carbonyl (C=O) groups excluding carboxylic acids is 1. The van der Waals surface area contributed by atoms with Crippen LogP contribution in [0.25, 0.3) is 0 Å². The minimum atomic E-state index is -1.02. The highest BCUT2D eigenvalue weighted by Gasteiger charge is 2.52. The predicted octanol–water partition coefficient (Wildman–Crippen LogP) is 2.05. The van der Waals surface area contributed by atoms with Gasteiger partial charge in [-0.1, -0.05) is 27.7 Å². The topological polar surface area (TPSA) is 60.2 Å². The van der Waals surface area contributed by atoms with E-state index in [2.05, 4.69) is 0 Å². The molecule has 0 heterocycles. The fraction of sp³-hybridized carbons (Fsp3) is 0.900. The first-order chi connectivity index (χ1) is 6.16. The van der Waals surface area contributed by atoms with Crippen molar-refractivity contribution >= 4 is 5.78 Å². The Morgan fingerprint density at radius 1 is 1.36 bits per heavy atom. The lowest BCUT2D eigenvalue weighted by Crippen LogP contribution is -2.50. The van der Waals surface area contributed by atoms with Crippen molar-refractivity contribution in [2.24, 2.45) is 10.8 Å². The molecule has 0 amide bonds. The zero-order valence-electron chi connectivity index (χ0n) is 9.16. The molecule has 1 atom stereocenters. The SMILES string of the molecule is CC1(C)CC(=O)C([N+](=O)[O-])C(C)(C)C1. The van der Waals surface area contributed by atoms with Gasteiger partial charge in [0.05, 0.1) is 0 Å². The van der Waals surface area contributed by atoms with Crippen LogP contribution in [-0.2, 0) is 4.79 Å². The van der Waals surface area contributed by atoms with Crippen molar-refractivity contribution < 1.29 is 9.72 Å². The van der Waals surface area contributed by atoms with Gasteiger partial charge in [-0.15, -0.1) is 0 Å². The van der Waals surface area contributed by atoms with E-state index in [0.717, 1.165) is 6.42 Å². The predicted molar refractivity (Wildman–Crippen MR) is 52.6 cm³/mol. The maximum atomic E-state index is 11.6. The number of ketones is 1. The molecular weight excluding hydrogens is 182 g/mol. The highest BCUT2D eigenvalue weighted by Crippen LogP contribution is 2.45. The maximum absolute atomic E-state index is 11.6. The summed E-state index contributed by atoms with van der Waals surface area (Å²) in [5, 5.41) is 10.8. The van der Waals surface area contributed by atoms with E-state index < -0.39 is 16.4 Å². The van der Waals surface area contributed by atoms with Gasteiger partial charge in [-0.2, -0.15) is 0 Å². The summed E-state index contributed by atoms with van der Waals surface area (Å²) < 4.78 is 0. The van der Waals surface area contributed by atoms with Crippen LogP contribution >= 0.6 is 0 Å². The Morgan fingerprint density at radius 2 is 1.86 bits per heavy atom. The van der Waals surface area contributed by atoms with Gasteiger partial charge >= 0.3 is 0 Å². The first-order valence-corrected chi connectivity index (χ1v) is 4.82. The molecule has 0 aromatic carbocycles. The van der Waals surface area contributed by atoms with Gasteiger partial charge in [0.25, 0.3) is 6.04 Å². The third kappa shape index (κ3) is 1.94. The van der Waals surface area contributed by atoms with Gasteiger partial charge in [0, 0.05) is 16.8 Å². The third-order valence-corrected chi connectivity index (χ3v) is 2.84. The van der Waals surface area contributed by atoms with E-state index in [1.807, 2.05) is 13.8 Å². The minimum absolute atomic E-state index is 0.104. The zero-order chi connectivity index (χ0) is 11.1. The molecule has 0 aromatic rings. The summed E-state index contributed by atoms with van der Waals surface area (Å²) >= 11 is 0. The largest absolute Gasteiger partial charge is 0.292 e. The van der Waals surface area contributed by atoms with E-state index in [4.69, 9.17) is 0 Å². The van der Waals surface area contributed by atoms with Gasteiger partial charge in [-0.25, -0.2) is 0 Å². The summed E-state index contributed by atoms with van der Waals surface area (Å²) in [5.74, 6) is -0.226. The Labute approximate surface area is 83.8 Å². The molecule has 0 aliphatic heterocycles. The fourth-order valence-corrected chi connectivity index (χ4v) is 2.80. The lowest BCUT2D eigenvalue weighted by Gasteiger charge is -2.40. The zero-order valence-corrected chi connectivity index (χ0v) is 9.16. The summed E-state index contributed by atoms with van der Waals surface area (Å²) in [6, 6.07) is -1.02. The maximum Gasteiger partial charge on any atom is 0.275 e. The van der Waals surface area contributed by atoms with Crippen LogP contribution in [-0.4, -0.2) is 16.7 Å². The molecule has 1 unspecified atom stereocenters. The van der Waals surface area contributed by atoms with Gasteiger partial charge in [-0.3, -0.25) is 14.9 Å². The molecule has 4 heteroatoms. The number of carbonyl (C=O) groups is 1. The molecule has 14 heavy (non-hydrogen) atoms. The van der Waals surface area contributed by atoms with Crippen molar-refractivity contribution in [3.05, 3.63) is 10.1 Å². The van der Waals surface area contributed by atoms with Crippen LogP contribution in [0.15, 0.2) is 0 Å². The Morgan fingerprint density at radius 3 is 2.21 bits per heavy atom. The molecule has 0 spiro atoms. The number of hydrogen-bond acceptors (Lipinski definition) is 3. The number of nitrogens with zero attached hydrogens (tertiary/aromatic N) is 1. The fourth-order valence-electron chi connectivity index (χ4n) is 2.80. The second-order valence-corrected chi connectivity index (χ2v) is 5.66. The lowest BCUT2D eigenvalue weighted by atomic mass is 9.62. The molecule has 0 radical (unpaired) electrons. The average molecular weight is 199 g/mol. The first kappa shape index (κ1) is 11.1. The summed E-state index contributed by atoms with van der Waals surface area (Å²) in [5.41, 5.74) is -0.630. The molecule has 1 fully saturated rings. The van der Waals surface area contributed by atoms with Crippen LogP contribution in [0.5, 0.6) is 0 Å². The normalized spacial score (nSPS) is 30.0. The van der Waals surface area contributed by atoms with Crippen LogP contribution in [0, 0.1) is 20.9 Å². The molecular formula is C10H17NO3. The highest BCUT2D eigenvalue weighted by molar-refractivity contribution is 5.85. The van der Waals surface area contributed by atoms with E-state index in [1.165, 1.54) is 0 Å². The third-order valence-electron chi connectivity index (χ3n) is 2.84. The Kier molecular flexibility index (Phi) is 2.42. The van der Waals surface area contributed by atoms with Crippen LogP contribution < -0.4 is 0 Å². The number of nitro groups is 1. The van der Waals surface area contributed by atoms with Crippen molar-refractivity contribution in [3.8, 4) is 0 Å². The van der Waals surface area contributed by atoms with Gasteiger partial charge in [0.15, 0.2) is 0 Å². The quantitative estimate of drug-likeness (QED) is 0.479. The first-order valence-electron chi connectivity index (χ1n) is 4.82. The van der Waals surface area contributed by atoms with Crippen molar-refractivity contribution in [2.75, 3.05) is 0 Å². The van der Waals surface area contributed by atoms with Crippen molar-refractivity contribution in [1.82, 2.24) is 0 Å². The summed E-state index contributed by atoms with van der Waals surface area (Å²) in [6.45, 7) is 7.59. The van der Waals surface area contributed by atoms with Crippen LogP contribution in [0.3, 0.4) is 0 Å². The standard InChI is InChI=1S/C10H17NO3/c1-9(2)5-7(12)8(11(13)14)10(3,4)6-9/h8H,5-6H2,1-4H3. The van der Waals surface area contributed by atoms with E-state index in [9.17, 15) is 14.9 Å². The summed E-state index contributed by atoms with van der Waals surface area (Å²) in [7, 11) is 0. The van der Waals surface area contributed by atoms with Crippen LogP contribution in [0.1, 0.15) is 40.5 Å². The Hall–Kier alpha value is -0.930. The summed E-state index contributed by atoms with van der Waals surface area (Å²) in [4.78, 5) is 22.0. The number of Topliss-reactive ketones (excluding diaryl/α,β-unsaturated/α-hetero) is 1. The number of hydrogen-bond donors (Lipinski definition) is 0. The van der Waals surface area contributed by atoms with Crippen molar-refractivity contribution in [3.63, 3.8) is 0 Å². The van der Waals surface area contributed by atoms with Gasteiger partial charge in [0.2, 0.25) is 5.78 Å². The van der Waals surface area contributed by atoms with Crippen LogP contribution in [0.2, 0.25) is 0 Å². The van der Waals surface area contributed by atoms with Crippen molar-refractivity contribution in [1.29, 1.82) is 0 Å². The second kappa shape index (κ2) is 3.04.